The van der Waals surface area contributed by atoms with Crippen LogP contribution in [0.3, 0.4) is 0 Å². The van der Waals surface area contributed by atoms with E-state index in [-0.39, 0.29) is 44.5 Å². The molecule has 4 aliphatic rings. The predicted molar refractivity (Wildman–Crippen MR) is 197 cm³/mol. The van der Waals surface area contributed by atoms with Crippen LogP contribution in [0.25, 0.3) is 0 Å². The number of hydrogen-bond acceptors (Lipinski definition) is 2. The van der Waals surface area contributed by atoms with Crippen molar-refractivity contribution < 1.29 is 82.7 Å². The third kappa shape index (κ3) is 17.2. The van der Waals surface area contributed by atoms with Gasteiger partial charge in [-0.05, 0) is 118 Å². The van der Waals surface area contributed by atoms with Gasteiger partial charge in [0, 0.05) is 5.66 Å². The van der Waals surface area contributed by atoms with Crippen LogP contribution in [0.2, 0.25) is 0 Å². The van der Waals surface area contributed by atoms with Gasteiger partial charge in [-0.25, -0.2) is 9.59 Å². The van der Waals surface area contributed by atoms with Crippen molar-refractivity contribution >= 4 is 38.4 Å². The number of rotatable bonds is 7. The molecule has 0 heterocycles. The van der Waals surface area contributed by atoms with Crippen molar-refractivity contribution in [1.82, 2.24) is 0 Å². The van der Waals surface area contributed by atoms with Gasteiger partial charge in [0.1, 0.15) is 0 Å². The van der Waals surface area contributed by atoms with Crippen molar-refractivity contribution in [1.29, 1.82) is 0 Å². The summed E-state index contributed by atoms with van der Waals surface area (Å²) < 4.78 is 63.5. The minimum absolute atomic E-state index is 0. The van der Waals surface area contributed by atoms with Gasteiger partial charge in [0.25, 0.3) is 0 Å². The summed E-state index contributed by atoms with van der Waals surface area (Å²) in [5.41, 5.74) is 4.33. The van der Waals surface area contributed by atoms with E-state index < -0.39 is 32.2 Å². The molecule has 2 aromatic carbocycles. The number of alkyl halides is 6. The molecule has 6 rings (SSSR count). The van der Waals surface area contributed by atoms with Crippen molar-refractivity contribution in [3.05, 3.63) is 124 Å². The fraction of sp³-hybridized carbons (Fsp3) is 0.400. The molecule has 0 unspecified atom stereocenters. The molecule has 14 heteroatoms. The molecule has 4 fully saturated rings. The van der Waals surface area contributed by atoms with Crippen LogP contribution in [0.5, 0.6) is 0 Å². The molecular formula is C40H46F6FeO4P2Ru+4. The second-order valence-electron chi connectivity index (χ2n) is 12.6. The number of halogens is 6. The Balaban J connectivity index is 0.000000572. The molecule has 4 saturated carbocycles. The Morgan fingerprint density at radius 1 is 0.611 bits per heavy atom. The second kappa shape index (κ2) is 26.1. The van der Waals surface area contributed by atoms with Crippen LogP contribution in [-0.4, -0.2) is 51.5 Å². The molecule has 1 atom stereocenters. The van der Waals surface area contributed by atoms with E-state index in [0.29, 0.717) is 5.66 Å². The molecule has 2 N–H and O–H groups in total. The van der Waals surface area contributed by atoms with Crippen LogP contribution in [0.4, 0.5) is 26.3 Å². The van der Waals surface area contributed by atoms with Crippen LogP contribution >= 0.6 is 15.8 Å². The minimum atomic E-state index is -5.08. The van der Waals surface area contributed by atoms with Gasteiger partial charge < -0.3 is 10.2 Å². The third-order valence-electron chi connectivity index (χ3n) is 9.03. The molecule has 10 radical (unpaired) electrons. The summed E-state index contributed by atoms with van der Waals surface area (Å²) in [6.45, 7) is 2.62. The monoisotopic (exact) mass is 924 g/mol. The van der Waals surface area contributed by atoms with Crippen molar-refractivity contribution in [2.45, 2.75) is 100 Å². The first-order valence-corrected chi connectivity index (χ1v) is 20.3. The van der Waals surface area contributed by atoms with Crippen molar-refractivity contribution in [2.24, 2.45) is 0 Å². The summed E-state index contributed by atoms with van der Waals surface area (Å²) in [6.07, 6.45) is 21.9. The normalized spacial score (nSPS) is 19.1. The van der Waals surface area contributed by atoms with Crippen molar-refractivity contribution in [3.63, 3.8) is 0 Å². The maximum Gasteiger partial charge on any atom is 2.00 e. The molecule has 54 heavy (non-hydrogen) atoms. The van der Waals surface area contributed by atoms with E-state index in [1.165, 1.54) is 74.8 Å². The zero-order chi connectivity index (χ0) is 38.1. The maximum atomic E-state index is 10.6. The van der Waals surface area contributed by atoms with E-state index in [9.17, 15) is 26.3 Å². The Bertz CT molecular complexity index is 1220. The summed E-state index contributed by atoms with van der Waals surface area (Å²) in [4.78, 5) is 17.8. The van der Waals surface area contributed by atoms with E-state index >= 15 is 0 Å². The smallest absolute Gasteiger partial charge is 0.475 e. The Hall–Kier alpha value is -1.04. The zero-order valence-corrected chi connectivity index (χ0v) is 34.4. The molecule has 2 aromatic rings. The molecule has 0 aromatic heterocycles. The Kier molecular flexibility index (Phi) is 24.6. The summed E-state index contributed by atoms with van der Waals surface area (Å²) in [6, 6.07) is 22.6. The second-order valence-corrected chi connectivity index (χ2v) is 18.0. The molecule has 0 saturated heterocycles. The van der Waals surface area contributed by atoms with Crippen molar-refractivity contribution in [2.75, 3.05) is 0 Å². The first-order valence-electron chi connectivity index (χ1n) is 17.4. The first kappa shape index (κ1) is 51.0. The number of aliphatic carboxylic acids is 2. The van der Waals surface area contributed by atoms with Crippen LogP contribution < -0.4 is 10.6 Å². The third-order valence-corrected chi connectivity index (χ3v) is 15.4. The summed E-state index contributed by atoms with van der Waals surface area (Å²) in [5, 5.41) is 17.2. The molecule has 0 spiro atoms. The van der Waals surface area contributed by atoms with Crippen LogP contribution in [0.1, 0.15) is 71.1 Å². The van der Waals surface area contributed by atoms with Crippen LogP contribution in [-0.2, 0) is 46.1 Å². The molecule has 0 amide bonds. The summed E-state index contributed by atoms with van der Waals surface area (Å²) in [7, 11) is -0.489. The van der Waals surface area contributed by atoms with Crippen molar-refractivity contribution in [3.8, 4) is 0 Å². The maximum absolute atomic E-state index is 10.6. The van der Waals surface area contributed by atoms with Gasteiger partial charge in [-0.15, -0.1) is 0 Å². The van der Waals surface area contributed by atoms with Gasteiger partial charge in [-0.3, -0.25) is 0 Å². The van der Waals surface area contributed by atoms with Gasteiger partial charge in [-0.2, -0.15) is 26.3 Å². The van der Waals surface area contributed by atoms with E-state index in [0.717, 1.165) is 11.3 Å². The predicted octanol–water partition coefficient (Wildman–Crippen LogP) is 10.7. The van der Waals surface area contributed by atoms with Gasteiger partial charge >= 0.3 is 60.8 Å². The van der Waals surface area contributed by atoms with Crippen LogP contribution in [0, 0.1) is 62.9 Å². The quantitative estimate of drug-likeness (QED) is 0.165. The van der Waals surface area contributed by atoms with Crippen LogP contribution in [0.15, 0.2) is 60.7 Å². The largest absolute Gasteiger partial charge is 2.00 e. The minimum Gasteiger partial charge on any atom is -0.475 e. The average Bonchev–Trinajstić information content (AvgIpc) is 3.87. The summed E-state index contributed by atoms with van der Waals surface area (Å²) in [5.74, 6) is -3.84. The van der Waals surface area contributed by atoms with Gasteiger partial charge in [0.05, 0.1) is 0 Å². The molecule has 0 aliphatic heterocycles. The SMILES string of the molecule is C[C@H]([C]1[CH][CH][CH][C]1P(c1ccccc1)c1ccccc1)P(C1CCCCC1)C1CCCCC1.O=C(O)C(F)(F)F.O=C(O)C(F)(F)F.[CH]1[CH][CH][CH][CH]1.[Fe+2].[Ru+2]. The topological polar surface area (TPSA) is 74.6 Å². The number of carboxylic acids is 2. The molecule has 294 valence electrons. The van der Waals surface area contributed by atoms with Gasteiger partial charge in [0.2, 0.25) is 0 Å². The first-order chi connectivity index (χ1) is 24.7. The molecule has 4 aliphatic carbocycles. The van der Waals surface area contributed by atoms with E-state index in [4.69, 9.17) is 19.8 Å². The van der Waals surface area contributed by atoms with Gasteiger partial charge in [0.15, 0.2) is 0 Å². The Labute approximate surface area is 343 Å². The van der Waals surface area contributed by atoms with E-state index in [2.05, 4.69) is 86.8 Å². The van der Waals surface area contributed by atoms with E-state index in [1.54, 1.807) is 11.6 Å². The summed E-state index contributed by atoms with van der Waals surface area (Å²) >= 11 is 0. The average molecular weight is 924 g/mol. The van der Waals surface area contributed by atoms with Gasteiger partial charge in [-0.1, -0.05) is 114 Å². The fourth-order valence-corrected chi connectivity index (χ4v) is 13.7. The number of hydrogen-bond donors (Lipinski definition) is 2. The standard InChI is InChI=1S/C31H39P2.C5H5.2C2HF3O2.Fe.Ru/c1-25(32(26-15-6-2-7-16-26)27-17-8-3-9-18-27)30-23-14-24-31(30)33(28-19-10-4-11-20-28)29-21-12-5-13-22-29;1-2-4-5-3-1;2*3-2(4,5)1(6)7;;/h4-5,10-14,19-27H,2-3,6-9,15-18H2,1H3;1-5H;2*(H,6,7);;/q;;;;2*+2/t25-;;;;;/m1...../s1. The Morgan fingerprint density at radius 2 is 0.944 bits per heavy atom. The molecule has 0 bridgehead atoms. The number of carbonyl (C=O) groups is 2. The number of carboxylic acid groups (broad SMARTS) is 2. The zero-order valence-electron chi connectivity index (χ0n) is 29.8. The number of benzene rings is 2. The molecular weight excluding hydrogens is 877 g/mol. The molecule has 4 nitrogen and oxygen atoms in total. The fourth-order valence-electron chi connectivity index (χ4n) is 6.73. The Morgan fingerprint density at radius 3 is 1.26 bits per heavy atom. The van der Waals surface area contributed by atoms with E-state index in [1.807, 2.05) is 32.1 Å².